The number of hydrogen-bond acceptors (Lipinski definition) is 5. The lowest BCUT2D eigenvalue weighted by Crippen LogP contribution is -2.27. The van der Waals surface area contributed by atoms with Gasteiger partial charge in [0.05, 0.1) is 11.3 Å². The van der Waals surface area contributed by atoms with E-state index < -0.39 is 5.97 Å². The standard InChI is InChI=1S/C10H11N3O3S/c1-5-7(9(15)16)3-11-10(12-5)13-4-6(17)2-8(13)14/h3,6,17H,2,4H2,1H3,(H,15,16). The van der Waals surface area contributed by atoms with Gasteiger partial charge in [0.15, 0.2) is 0 Å². The topological polar surface area (TPSA) is 83.4 Å². The summed E-state index contributed by atoms with van der Waals surface area (Å²) in [7, 11) is 0. The van der Waals surface area contributed by atoms with E-state index in [2.05, 4.69) is 22.6 Å². The molecule has 1 aliphatic heterocycles. The number of carboxylic acid groups (broad SMARTS) is 1. The highest BCUT2D eigenvalue weighted by Crippen LogP contribution is 2.21. The minimum atomic E-state index is -1.08. The van der Waals surface area contributed by atoms with E-state index in [0.29, 0.717) is 18.7 Å². The maximum atomic E-state index is 11.6. The van der Waals surface area contributed by atoms with Crippen LogP contribution in [0.4, 0.5) is 5.95 Å². The van der Waals surface area contributed by atoms with E-state index in [-0.39, 0.29) is 22.7 Å². The van der Waals surface area contributed by atoms with Crippen LogP contribution in [0.2, 0.25) is 0 Å². The Morgan fingerprint density at radius 3 is 2.82 bits per heavy atom. The van der Waals surface area contributed by atoms with Gasteiger partial charge < -0.3 is 5.11 Å². The Balaban J connectivity index is 2.32. The summed E-state index contributed by atoms with van der Waals surface area (Å²) in [6.45, 7) is 2.03. The number of aryl methyl sites for hydroxylation is 1. The predicted molar refractivity (Wildman–Crippen MR) is 63.5 cm³/mol. The Morgan fingerprint density at radius 1 is 1.65 bits per heavy atom. The fourth-order valence-electron chi connectivity index (χ4n) is 1.68. The summed E-state index contributed by atoms with van der Waals surface area (Å²) < 4.78 is 0. The molecule has 1 aliphatic rings. The van der Waals surface area contributed by atoms with E-state index in [9.17, 15) is 9.59 Å². The average Bonchev–Trinajstić information content (AvgIpc) is 2.57. The summed E-state index contributed by atoms with van der Waals surface area (Å²) in [5.41, 5.74) is 0.390. The van der Waals surface area contributed by atoms with E-state index in [1.54, 1.807) is 6.92 Å². The molecule has 1 unspecified atom stereocenters. The molecule has 90 valence electrons. The van der Waals surface area contributed by atoms with Gasteiger partial charge in [-0.25, -0.2) is 14.8 Å². The van der Waals surface area contributed by atoms with Crippen molar-refractivity contribution in [2.75, 3.05) is 11.4 Å². The van der Waals surface area contributed by atoms with Gasteiger partial charge in [-0.3, -0.25) is 9.69 Å². The molecular weight excluding hydrogens is 242 g/mol. The van der Waals surface area contributed by atoms with Gasteiger partial charge in [-0.1, -0.05) is 0 Å². The monoisotopic (exact) mass is 253 g/mol. The molecule has 0 bridgehead atoms. The molecular formula is C10H11N3O3S. The van der Waals surface area contributed by atoms with Crippen LogP contribution in [0.25, 0.3) is 0 Å². The Hall–Kier alpha value is -1.63. The zero-order chi connectivity index (χ0) is 12.6. The smallest absolute Gasteiger partial charge is 0.339 e. The van der Waals surface area contributed by atoms with Gasteiger partial charge in [0.2, 0.25) is 11.9 Å². The summed E-state index contributed by atoms with van der Waals surface area (Å²) in [5, 5.41) is 8.82. The Kier molecular flexibility index (Phi) is 3.01. The molecule has 1 amide bonds. The fourth-order valence-corrected chi connectivity index (χ4v) is 2.00. The zero-order valence-corrected chi connectivity index (χ0v) is 10.0. The predicted octanol–water partition coefficient (Wildman–Crippen LogP) is 0.518. The lowest BCUT2D eigenvalue weighted by molar-refractivity contribution is -0.117. The number of hydrogen-bond donors (Lipinski definition) is 2. The van der Waals surface area contributed by atoms with E-state index in [0.717, 1.165) is 0 Å². The van der Waals surface area contributed by atoms with Crippen molar-refractivity contribution in [2.24, 2.45) is 0 Å². The first-order valence-electron chi connectivity index (χ1n) is 5.04. The van der Waals surface area contributed by atoms with Crippen molar-refractivity contribution in [1.82, 2.24) is 9.97 Å². The van der Waals surface area contributed by atoms with Crippen LogP contribution < -0.4 is 4.90 Å². The van der Waals surface area contributed by atoms with Gasteiger partial charge in [-0.15, -0.1) is 0 Å². The van der Waals surface area contributed by atoms with Crippen molar-refractivity contribution < 1.29 is 14.7 Å². The molecule has 1 N–H and O–H groups in total. The Labute approximate surface area is 103 Å². The molecule has 2 heterocycles. The lowest BCUT2D eigenvalue weighted by Gasteiger charge is -2.14. The van der Waals surface area contributed by atoms with Gasteiger partial charge in [-0.2, -0.15) is 12.6 Å². The maximum absolute atomic E-state index is 11.6. The number of amides is 1. The van der Waals surface area contributed by atoms with E-state index >= 15 is 0 Å². The van der Waals surface area contributed by atoms with Gasteiger partial charge in [0.25, 0.3) is 0 Å². The molecule has 1 saturated heterocycles. The second-order valence-corrected chi connectivity index (χ2v) is 4.57. The third-order valence-electron chi connectivity index (χ3n) is 2.54. The van der Waals surface area contributed by atoms with E-state index in [1.165, 1.54) is 11.1 Å². The third-order valence-corrected chi connectivity index (χ3v) is 2.89. The molecule has 17 heavy (non-hydrogen) atoms. The van der Waals surface area contributed by atoms with Crippen LogP contribution >= 0.6 is 12.6 Å². The molecule has 1 atom stereocenters. The second-order valence-electron chi connectivity index (χ2n) is 3.84. The molecule has 2 rings (SSSR count). The number of carboxylic acids is 1. The largest absolute Gasteiger partial charge is 0.478 e. The van der Waals surface area contributed by atoms with E-state index in [1.807, 2.05) is 0 Å². The number of rotatable bonds is 2. The first kappa shape index (κ1) is 11.8. The number of aromatic nitrogens is 2. The molecule has 1 aromatic heterocycles. The first-order chi connectivity index (χ1) is 7.99. The normalized spacial score (nSPS) is 19.8. The van der Waals surface area contributed by atoms with Crippen LogP contribution in [0.1, 0.15) is 22.5 Å². The SMILES string of the molecule is Cc1nc(N2CC(S)CC2=O)ncc1C(=O)O. The third kappa shape index (κ3) is 2.23. The molecule has 6 nitrogen and oxygen atoms in total. The van der Waals surface area contributed by atoms with Crippen molar-refractivity contribution in [1.29, 1.82) is 0 Å². The quantitative estimate of drug-likeness (QED) is 0.751. The minimum Gasteiger partial charge on any atom is -0.478 e. The fraction of sp³-hybridized carbons (Fsp3) is 0.400. The van der Waals surface area contributed by atoms with Gasteiger partial charge in [0.1, 0.15) is 0 Å². The van der Waals surface area contributed by atoms with Crippen molar-refractivity contribution in [2.45, 2.75) is 18.6 Å². The van der Waals surface area contributed by atoms with E-state index in [4.69, 9.17) is 5.11 Å². The molecule has 0 spiro atoms. The number of nitrogens with zero attached hydrogens (tertiary/aromatic N) is 3. The molecule has 0 aromatic carbocycles. The molecule has 7 heteroatoms. The highest BCUT2D eigenvalue weighted by Gasteiger charge is 2.30. The van der Waals surface area contributed by atoms with Gasteiger partial charge in [0, 0.05) is 24.4 Å². The van der Waals surface area contributed by atoms with Crippen LogP contribution in [-0.2, 0) is 4.79 Å². The molecule has 1 fully saturated rings. The average molecular weight is 253 g/mol. The van der Waals surface area contributed by atoms with Crippen molar-refractivity contribution in [3.8, 4) is 0 Å². The Bertz CT molecular complexity index is 492. The highest BCUT2D eigenvalue weighted by atomic mass is 32.1. The number of thiol groups is 1. The van der Waals surface area contributed by atoms with Crippen molar-refractivity contribution in [3.05, 3.63) is 17.5 Å². The van der Waals surface area contributed by atoms with Crippen LogP contribution in [0.5, 0.6) is 0 Å². The first-order valence-corrected chi connectivity index (χ1v) is 5.56. The molecule has 1 aromatic rings. The number of carbonyl (C=O) groups excluding carboxylic acids is 1. The number of anilines is 1. The zero-order valence-electron chi connectivity index (χ0n) is 9.12. The maximum Gasteiger partial charge on any atom is 0.339 e. The summed E-state index contributed by atoms with van der Waals surface area (Å²) in [5.74, 6) is -0.921. The molecule has 0 saturated carbocycles. The number of carbonyl (C=O) groups is 2. The van der Waals surface area contributed by atoms with Crippen LogP contribution in [0.3, 0.4) is 0 Å². The van der Waals surface area contributed by atoms with Crippen LogP contribution in [-0.4, -0.2) is 38.7 Å². The summed E-state index contributed by atoms with van der Waals surface area (Å²) in [6.07, 6.45) is 1.57. The van der Waals surface area contributed by atoms with Crippen molar-refractivity contribution >= 4 is 30.5 Å². The second kappa shape index (κ2) is 4.33. The lowest BCUT2D eigenvalue weighted by atomic mass is 10.2. The summed E-state index contributed by atoms with van der Waals surface area (Å²) in [4.78, 5) is 31.8. The molecule has 0 radical (unpaired) electrons. The minimum absolute atomic E-state index is 0.0226. The van der Waals surface area contributed by atoms with Crippen LogP contribution in [0, 0.1) is 6.92 Å². The summed E-state index contributed by atoms with van der Waals surface area (Å²) >= 11 is 4.23. The van der Waals surface area contributed by atoms with Gasteiger partial charge >= 0.3 is 5.97 Å². The Morgan fingerprint density at radius 2 is 2.35 bits per heavy atom. The van der Waals surface area contributed by atoms with Crippen LogP contribution in [0.15, 0.2) is 6.20 Å². The summed E-state index contributed by atoms with van der Waals surface area (Å²) in [6, 6.07) is 0. The highest BCUT2D eigenvalue weighted by molar-refractivity contribution is 7.81. The van der Waals surface area contributed by atoms with Gasteiger partial charge in [-0.05, 0) is 6.92 Å². The molecule has 0 aliphatic carbocycles. The van der Waals surface area contributed by atoms with Crippen molar-refractivity contribution in [3.63, 3.8) is 0 Å². The number of aromatic carboxylic acids is 1.